The van der Waals surface area contributed by atoms with Crippen LogP contribution in [0.5, 0.6) is 5.75 Å². The van der Waals surface area contributed by atoms with Crippen LogP contribution >= 0.6 is 0 Å². The molecule has 5 nitrogen and oxygen atoms in total. The van der Waals surface area contributed by atoms with Gasteiger partial charge in [0.2, 0.25) is 0 Å². The number of pyridine rings is 1. The van der Waals surface area contributed by atoms with Crippen LogP contribution in [-0.2, 0) is 0 Å². The van der Waals surface area contributed by atoms with Crippen LogP contribution in [0.4, 0.5) is 17.6 Å². The highest BCUT2D eigenvalue weighted by molar-refractivity contribution is 6.01. The molecule has 9 heteroatoms. The molecule has 1 aliphatic carbocycles. The van der Waals surface area contributed by atoms with Gasteiger partial charge in [-0.2, -0.15) is 0 Å². The average molecular weight is 568 g/mol. The van der Waals surface area contributed by atoms with E-state index in [4.69, 9.17) is 0 Å². The SMILES string of the molecule is Cc1cc(C2CCC(CNC(=O)c3cc(C(C)C)[nH]c3-c3ccccc3OC(F)(F)F)CC2)c2cc(F)ccc2n1. The van der Waals surface area contributed by atoms with Crippen LogP contribution < -0.4 is 10.1 Å². The standard InChI is InChI=1S/C32H33F4N3O2/c1-18(2)28-16-26(30(39-28)23-6-4-5-7-29(23)41-32(34,35)36)31(40)37-17-20-8-10-21(11-9-20)24-14-19(3)38-27-13-12-22(33)15-25(24)27/h4-7,12-16,18,20-21,39H,8-11,17H2,1-3H3,(H,37,40). The molecule has 2 aromatic carbocycles. The predicted molar refractivity (Wildman–Crippen MR) is 150 cm³/mol. The number of rotatable bonds is 7. The van der Waals surface area contributed by atoms with Crippen molar-refractivity contribution in [3.63, 3.8) is 0 Å². The molecule has 5 rings (SSSR count). The number of benzene rings is 2. The van der Waals surface area contributed by atoms with Gasteiger partial charge in [-0.1, -0.05) is 26.0 Å². The molecule has 1 fully saturated rings. The van der Waals surface area contributed by atoms with Gasteiger partial charge in [0.1, 0.15) is 11.6 Å². The van der Waals surface area contributed by atoms with Gasteiger partial charge in [-0.3, -0.25) is 9.78 Å². The Labute approximate surface area is 236 Å². The Morgan fingerprint density at radius 1 is 1.07 bits per heavy atom. The summed E-state index contributed by atoms with van der Waals surface area (Å²) in [5.74, 6) is -0.431. The Bertz CT molecular complexity index is 1550. The lowest BCUT2D eigenvalue weighted by Crippen LogP contribution is -2.31. The van der Waals surface area contributed by atoms with E-state index in [0.29, 0.717) is 12.2 Å². The molecule has 0 atom stereocenters. The number of ether oxygens (including phenoxy) is 1. The minimum Gasteiger partial charge on any atom is -0.405 e. The van der Waals surface area contributed by atoms with E-state index < -0.39 is 6.36 Å². The summed E-state index contributed by atoms with van der Waals surface area (Å²) >= 11 is 0. The van der Waals surface area contributed by atoms with Crippen molar-refractivity contribution in [1.29, 1.82) is 0 Å². The number of carbonyl (C=O) groups excluding carboxylic acids is 1. The molecule has 216 valence electrons. The highest BCUT2D eigenvalue weighted by Crippen LogP contribution is 2.39. The summed E-state index contributed by atoms with van der Waals surface area (Å²) < 4.78 is 57.5. The first kappa shape index (κ1) is 28.6. The van der Waals surface area contributed by atoms with E-state index in [9.17, 15) is 22.4 Å². The molecule has 0 spiro atoms. The van der Waals surface area contributed by atoms with Crippen molar-refractivity contribution in [3.8, 4) is 17.0 Å². The number of nitrogens with one attached hydrogen (secondary N) is 2. The smallest absolute Gasteiger partial charge is 0.405 e. The van der Waals surface area contributed by atoms with E-state index in [1.807, 2.05) is 20.8 Å². The number of hydrogen-bond acceptors (Lipinski definition) is 3. The van der Waals surface area contributed by atoms with E-state index in [0.717, 1.165) is 53.5 Å². The molecule has 0 saturated heterocycles. The lowest BCUT2D eigenvalue weighted by Gasteiger charge is -2.29. The van der Waals surface area contributed by atoms with Crippen LogP contribution in [-0.4, -0.2) is 28.8 Å². The molecular weight excluding hydrogens is 534 g/mol. The number of amides is 1. The first-order chi connectivity index (χ1) is 19.5. The zero-order valence-corrected chi connectivity index (χ0v) is 23.2. The van der Waals surface area contributed by atoms with Crippen molar-refractivity contribution in [2.24, 2.45) is 5.92 Å². The number of alkyl halides is 3. The van der Waals surface area contributed by atoms with Gasteiger partial charge in [0.15, 0.2) is 0 Å². The normalized spacial score (nSPS) is 17.7. The molecule has 1 saturated carbocycles. The van der Waals surface area contributed by atoms with Gasteiger partial charge in [-0.25, -0.2) is 4.39 Å². The monoisotopic (exact) mass is 567 g/mol. The Balaban J connectivity index is 1.29. The molecule has 0 aliphatic heterocycles. The first-order valence-electron chi connectivity index (χ1n) is 13.9. The molecule has 41 heavy (non-hydrogen) atoms. The number of nitrogens with zero attached hydrogens (tertiary/aromatic N) is 1. The summed E-state index contributed by atoms with van der Waals surface area (Å²) in [4.78, 5) is 21.1. The number of aryl methyl sites for hydroxylation is 1. The first-order valence-corrected chi connectivity index (χ1v) is 13.9. The number of hydrogen-bond donors (Lipinski definition) is 2. The topological polar surface area (TPSA) is 67.0 Å². The Morgan fingerprint density at radius 2 is 1.80 bits per heavy atom. The van der Waals surface area contributed by atoms with Crippen molar-refractivity contribution < 1.29 is 27.1 Å². The predicted octanol–water partition coefficient (Wildman–Crippen LogP) is 8.40. The van der Waals surface area contributed by atoms with Crippen LogP contribution in [0.3, 0.4) is 0 Å². The summed E-state index contributed by atoms with van der Waals surface area (Å²) in [5.41, 5.74) is 4.29. The molecule has 1 amide bonds. The number of fused-ring (bicyclic) bond motifs is 1. The molecule has 2 aromatic heterocycles. The summed E-state index contributed by atoms with van der Waals surface area (Å²) in [6, 6.07) is 14.3. The summed E-state index contributed by atoms with van der Waals surface area (Å²) in [5, 5.41) is 3.87. The fourth-order valence-electron chi connectivity index (χ4n) is 5.77. The number of para-hydroxylation sites is 1. The van der Waals surface area contributed by atoms with E-state index in [1.165, 1.54) is 24.3 Å². The second kappa shape index (κ2) is 11.5. The third-order valence-corrected chi connectivity index (χ3v) is 7.86. The van der Waals surface area contributed by atoms with Crippen molar-refractivity contribution in [2.75, 3.05) is 6.54 Å². The molecule has 0 bridgehead atoms. The van der Waals surface area contributed by atoms with Crippen LogP contribution in [0.1, 0.15) is 78.7 Å². The number of H-pyrrole nitrogens is 1. The third-order valence-electron chi connectivity index (χ3n) is 7.86. The molecule has 2 heterocycles. The molecule has 0 unspecified atom stereocenters. The highest BCUT2D eigenvalue weighted by atomic mass is 19.4. The number of halogens is 4. The molecule has 0 radical (unpaired) electrons. The maximum absolute atomic E-state index is 14.0. The molecule has 4 aromatic rings. The second-order valence-corrected chi connectivity index (χ2v) is 11.2. The number of aromatic nitrogens is 2. The lowest BCUT2D eigenvalue weighted by atomic mass is 9.77. The number of carbonyl (C=O) groups is 1. The largest absolute Gasteiger partial charge is 0.573 e. The fraction of sp³-hybridized carbons (Fsp3) is 0.375. The Hall–Kier alpha value is -3.88. The van der Waals surface area contributed by atoms with E-state index >= 15 is 0 Å². The van der Waals surface area contributed by atoms with Crippen LogP contribution in [0.15, 0.2) is 54.6 Å². The van der Waals surface area contributed by atoms with Crippen molar-refractivity contribution in [2.45, 2.75) is 64.7 Å². The molecular formula is C32H33F4N3O2. The summed E-state index contributed by atoms with van der Waals surface area (Å²) in [6.45, 7) is 6.28. The van der Waals surface area contributed by atoms with E-state index in [-0.39, 0.29) is 46.4 Å². The van der Waals surface area contributed by atoms with Gasteiger partial charge in [0.05, 0.1) is 16.8 Å². The van der Waals surface area contributed by atoms with Crippen LogP contribution in [0.2, 0.25) is 0 Å². The van der Waals surface area contributed by atoms with Gasteiger partial charge >= 0.3 is 6.36 Å². The second-order valence-electron chi connectivity index (χ2n) is 11.2. The van der Waals surface area contributed by atoms with Crippen molar-refractivity contribution in [3.05, 3.63) is 82.9 Å². The summed E-state index contributed by atoms with van der Waals surface area (Å²) in [7, 11) is 0. The quantitative estimate of drug-likeness (QED) is 0.220. The minimum atomic E-state index is -4.86. The summed E-state index contributed by atoms with van der Waals surface area (Å²) in [6.07, 6.45) is -1.26. The lowest BCUT2D eigenvalue weighted by molar-refractivity contribution is -0.274. The van der Waals surface area contributed by atoms with Gasteiger partial charge in [-0.05, 0) is 98.4 Å². The van der Waals surface area contributed by atoms with Gasteiger partial charge < -0.3 is 15.0 Å². The van der Waals surface area contributed by atoms with Crippen molar-refractivity contribution in [1.82, 2.24) is 15.3 Å². The molecule has 2 N–H and O–H groups in total. The minimum absolute atomic E-state index is 0.0302. The maximum atomic E-state index is 14.0. The van der Waals surface area contributed by atoms with Gasteiger partial charge in [0, 0.05) is 28.9 Å². The van der Waals surface area contributed by atoms with E-state index in [1.54, 1.807) is 24.3 Å². The molecule has 1 aliphatic rings. The van der Waals surface area contributed by atoms with Crippen LogP contribution in [0, 0.1) is 18.7 Å². The fourth-order valence-corrected chi connectivity index (χ4v) is 5.77. The Morgan fingerprint density at radius 3 is 2.51 bits per heavy atom. The maximum Gasteiger partial charge on any atom is 0.573 e. The average Bonchev–Trinajstić information content (AvgIpc) is 3.37. The zero-order chi connectivity index (χ0) is 29.3. The van der Waals surface area contributed by atoms with Gasteiger partial charge in [-0.15, -0.1) is 13.2 Å². The van der Waals surface area contributed by atoms with E-state index in [2.05, 4.69) is 26.1 Å². The number of aromatic amines is 1. The van der Waals surface area contributed by atoms with Crippen LogP contribution in [0.25, 0.3) is 22.2 Å². The Kier molecular flexibility index (Phi) is 8.07. The third kappa shape index (κ3) is 6.55. The highest BCUT2D eigenvalue weighted by Gasteiger charge is 2.33. The van der Waals surface area contributed by atoms with Crippen molar-refractivity contribution >= 4 is 16.8 Å². The zero-order valence-electron chi connectivity index (χ0n) is 23.2. The van der Waals surface area contributed by atoms with Gasteiger partial charge in [0.25, 0.3) is 5.91 Å².